The average Bonchev–Trinajstić information content (AvgIpc) is 2.01. The van der Waals surface area contributed by atoms with Gasteiger partial charge >= 0.3 is 7.60 Å². The first-order valence-corrected chi connectivity index (χ1v) is 5.74. The van der Waals surface area contributed by atoms with Crippen molar-refractivity contribution >= 4 is 19.4 Å². The third-order valence-electron chi connectivity index (χ3n) is 1.30. The van der Waals surface area contributed by atoms with Crippen LogP contribution in [0.3, 0.4) is 0 Å². The molecule has 0 saturated heterocycles. The topological polar surface area (TPSA) is 35.5 Å². The molecule has 0 aliphatic heterocycles. The fourth-order valence-corrected chi connectivity index (χ4v) is 2.79. The Morgan fingerprint density at radius 1 is 1.40 bits per heavy atom. The van der Waals surface area contributed by atoms with Crippen molar-refractivity contribution in [3.63, 3.8) is 0 Å². The minimum atomic E-state index is -2.81. The molecule has 0 aromatic carbocycles. The molecule has 3 nitrogen and oxygen atoms in total. The molecule has 0 saturated carbocycles. The van der Waals surface area contributed by atoms with Gasteiger partial charge in [-0.2, -0.15) is 0 Å². The Morgan fingerprint density at radius 3 is 1.90 bits per heavy atom. The van der Waals surface area contributed by atoms with Gasteiger partial charge in [0.15, 0.2) is 0 Å². The zero-order chi connectivity index (χ0) is 8.20. The molecule has 0 N–H and O–H groups in total. The lowest BCUT2D eigenvalue weighted by molar-refractivity contribution is 0.275. The number of thioether (sulfide) groups is 1. The number of hydrogen-bond acceptors (Lipinski definition) is 4. The summed E-state index contributed by atoms with van der Waals surface area (Å²) in [5, 5.41) is 0. The first kappa shape index (κ1) is 10.5. The van der Waals surface area contributed by atoms with Crippen LogP contribution in [0.4, 0.5) is 0 Å². The van der Waals surface area contributed by atoms with Crippen LogP contribution in [-0.2, 0) is 13.6 Å². The second-order valence-corrected chi connectivity index (χ2v) is 5.85. The van der Waals surface area contributed by atoms with Crippen LogP contribution in [0.15, 0.2) is 0 Å². The van der Waals surface area contributed by atoms with E-state index in [1.165, 1.54) is 26.0 Å². The maximum atomic E-state index is 11.4. The summed E-state index contributed by atoms with van der Waals surface area (Å²) in [7, 11) is -0.00962. The van der Waals surface area contributed by atoms with Crippen molar-refractivity contribution in [3.8, 4) is 0 Å². The molecule has 0 fully saturated rings. The van der Waals surface area contributed by atoms with Crippen LogP contribution in [-0.4, -0.2) is 25.5 Å². The average molecular weight is 184 g/mol. The predicted molar refractivity (Wildman–Crippen MR) is 44.6 cm³/mol. The van der Waals surface area contributed by atoms with Gasteiger partial charge in [-0.3, -0.25) is 4.57 Å². The Morgan fingerprint density at radius 2 is 1.80 bits per heavy atom. The Labute approximate surface area is 66.0 Å². The van der Waals surface area contributed by atoms with Gasteiger partial charge in [-0.05, 0) is 13.2 Å². The fourth-order valence-electron chi connectivity index (χ4n) is 0.501. The normalized spacial score (nSPS) is 15.2. The lowest BCUT2D eigenvalue weighted by Crippen LogP contribution is -2.01. The largest absolute Gasteiger partial charge is 0.342 e. The highest BCUT2D eigenvalue weighted by Gasteiger charge is 2.28. The number of hydrogen-bond donors (Lipinski definition) is 0. The summed E-state index contributed by atoms with van der Waals surface area (Å²) in [5.74, 6) is 0. The standard InChI is InChI=1S/C5H13O3PS/c1-5(10-4)9(6,7-2)8-3/h5H,1-4H3. The van der Waals surface area contributed by atoms with E-state index in [-0.39, 0.29) is 4.99 Å². The molecule has 0 rings (SSSR count). The molecule has 0 aromatic rings. The van der Waals surface area contributed by atoms with Crippen LogP contribution >= 0.6 is 19.4 Å². The van der Waals surface area contributed by atoms with E-state index in [4.69, 9.17) is 9.05 Å². The zero-order valence-electron chi connectivity index (χ0n) is 6.66. The van der Waals surface area contributed by atoms with E-state index in [0.717, 1.165) is 0 Å². The molecule has 0 spiro atoms. The van der Waals surface area contributed by atoms with E-state index < -0.39 is 7.60 Å². The van der Waals surface area contributed by atoms with Crippen LogP contribution in [0.2, 0.25) is 0 Å². The number of rotatable bonds is 4. The van der Waals surface area contributed by atoms with Gasteiger partial charge in [-0.1, -0.05) is 0 Å². The van der Waals surface area contributed by atoms with E-state index in [1.54, 1.807) is 0 Å². The summed E-state index contributed by atoms with van der Waals surface area (Å²) in [6.07, 6.45) is 1.87. The van der Waals surface area contributed by atoms with Gasteiger partial charge in [0.2, 0.25) is 0 Å². The molecule has 0 aromatic heterocycles. The van der Waals surface area contributed by atoms with E-state index in [2.05, 4.69) is 0 Å². The molecule has 0 heterocycles. The molecule has 1 atom stereocenters. The van der Waals surface area contributed by atoms with Gasteiger partial charge in [0.1, 0.15) is 4.99 Å². The van der Waals surface area contributed by atoms with Gasteiger partial charge in [-0.25, -0.2) is 0 Å². The Bertz CT molecular complexity index is 131. The van der Waals surface area contributed by atoms with Crippen LogP contribution in [0, 0.1) is 0 Å². The molecular weight excluding hydrogens is 171 g/mol. The molecule has 0 aliphatic carbocycles. The van der Waals surface area contributed by atoms with Gasteiger partial charge < -0.3 is 9.05 Å². The van der Waals surface area contributed by atoms with Gasteiger partial charge in [0.05, 0.1) is 0 Å². The smallest absolute Gasteiger partial charge is 0.311 e. The second kappa shape index (κ2) is 4.39. The van der Waals surface area contributed by atoms with Crippen molar-refractivity contribution in [1.82, 2.24) is 0 Å². The molecular formula is C5H13O3PS. The third kappa shape index (κ3) is 2.27. The highest BCUT2D eigenvalue weighted by Crippen LogP contribution is 2.54. The van der Waals surface area contributed by atoms with Crippen LogP contribution in [0.25, 0.3) is 0 Å². The Kier molecular flexibility index (Phi) is 4.61. The highest BCUT2D eigenvalue weighted by molar-refractivity contribution is 8.04. The molecule has 5 heteroatoms. The lowest BCUT2D eigenvalue weighted by atomic mass is 11.0. The summed E-state index contributed by atoms with van der Waals surface area (Å²) < 4.78 is 20.9. The molecule has 0 aliphatic rings. The first-order chi connectivity index (χ1) is 4.60. The molecule has 0 radical (unpaired) electrons. The minimum absolute atomic E-state index is 0.0949. The minimum Gasteiger partial charge on any atom is -0.311 e. The summed E-state index contributed by atoms with van der Waals surface area (Å²) >= 11 is 1.47. The van der Waals surface area contributed by atoms with Crippen molar-refractivity contribution in [2.75, 3.05) is 20.5 Å². The van der Waals surface area contributed by atoms with Gasteiger partial charge in [0.25, 0.3) is 0 Å². The monoisotopic (exact) mass is 184 g/mol. The van der Waals surface area contributed by atoms with Gasteiger partial charge in [0, 0.05) is 14.2 Å². The molecule has 1 unspecified atom stereocenters. The summed E-state index contributed by atoms with van der Waals surface area (Å²) in [6, 6.07) is 0. The maximum Gasteiger partial charge on any atom is 0.342 e. The molecule has 0 bridgehead atoms. The Balaban J connectivity index is 4.18. The summed E-state index contributed by atoms with van der Waals surface area (Å²) in [6.45, 7) is 1.82. The van der Waals surface area contributed by atoms with Crippen molar-refractivity contribution in [2.45, 2.75) is 11.9 Å². The molecule has 62 valence electrons. The van der Waals surface area contributed by atoms with E-state index in [0.29, 0.717) is 0 Å². The van der Waals surface area contributed by atoms with Crippen molar-refractivity contribution in [3.05, 3.63) is 0 Å². The van der Waals surface area contributed by atoms with Crippen LogP contribution in [0.5, 0.6) is 0 Å². The lowest BCUT2D eigenvalue weighted by Gasteiger charge is -2.18. The van der Waals surface area contributed by atoms with E-state index in [1.807, 2.05) is 13.2 Å². The summed E-state index contributed by atoms with van der Waals surface area (Å²) in [5.41, 5.74) is 0. The van der Waals surface area contributed by atoms with Crippen molar-refractivity contribution < 1.29 is 13.6 Å². The van der Waals surface area contributed by atoms with E-state index >= 15 is 0 Å². The van der Waals surface area contributed by atoms with Crippen molar-refractivity contribution in [1.29, 1.82) is 0 Å². The molecule has 10 heavy (non-hydrogen) atoms. The maximum absolute atomic E-state index is 11.4. The van der Waals surface area contributed by atoms with Crippen LogP contribution in [0.1, 0.15) is 6.92 Å². The summed E-state index contributed by atoms with van der Waals surface area (Å²) in [4.78, 5) is -0.0949. The third-order valence-corrected chi connectivity index (χ3v) is 5.29. The highest BCUT2D eigenvalue weighted by atomic mass is 32.2. The first-order valence-electron chi connectivity index (χ1n) is 2.84. The van der Waals surface area contributed by atoms with E-state index in [9.17, 15) is 4.57 Å². The second-order valence-electron chi connectivity index (χ2n) is 1.74. The SMILES string of the molecule is COP(=O)(OC)C(C)SC. The van der Waals surface area contributed by atoms with Crippen molar-refractivity contribution in [2.24, 2.45) is 0 Å². The fraction of sp³-hybridized carbons (Fsp3) is 1.00. The quantitative estimate of drug-likeness (QED) is 0.627. The van der Waals surface area contributed by atoms with Crippen LogP contribution < -0.4 is 0 Å². The zero-order valence-corrected chi connectivity index (χ0v) is 8.37. The molecule has 0 amide bonds. The van der Waals surface area contributed by atoms with Gasteiger partial charge in [-0.15, -0.1) is 11.8 Å². The Hall–Kier alpha value is 0.500. The predicted octanol–water partition coefficient (Wildman–Crippen LogP) is 2.18.